The molecule has 0 spiro atoms. The van der Waals surface area contributed by atoms with E-state index in [1.807, 2.05) is 31.2 Å². The molecular formula is C14H14ClNO2. The molecule has 2 rings (SSSR count). The van der Waals surface area contributed by atoms with Crippen molar-refractivity contribution in [2.75, 3.05) is 6.61 Å². The molecule has 1 heterocycles. The van der Waals surface area contributed by atoms with Gasteiger partial charge in [0.1, 0.15) is 11.9 Å². The number of aliphatic hydroxyl groups is 1. The zero-order valence-corrected chi connectivity index (χ0v) is 10.8. The van der Waals surface area contributed by atoms with E-state index in [0.717, 1.165) is 11.3 Å². The van der Waals surface area contributed by atoms with Gasteiger partial charge in [-0.1, -0.05) is 23.7 Å². The van der Waals surface area contributed by atoms with Gasteiger partial charge in [-0.05, 0) is 36.8 Å². The summed E-state index contributed by atoms with van der Waals surface area (Å²) in [6.45, 7) is 2.56. The van der Waals surface area contributed by atoms with Crippen LogP contribution >= 0.6 is 11.6 Å². The van der Waals surface area contributed by atoms with Gasteiger partial charge in [0.2, 0.25) is 0 Å². The number of ether oxygens (including phenoxy) is 1. The van der Waals surface area contributed by atoms with E-state index in [1.165, 1.54) is 6.20 Å². The fourth-order valence-corrected chi connectivity index (χ4v) is 1.74. The number of aliphatic hydroxyl groups excluding tert-OH is 1. The lowest BCUT2D eigenvalue weighted by molar-refractivity contribution is 0.215. The molecule has 0 aliphatic rings. The van der Waals surface area contributed by atoms with E-state index >= 15 is 0 Å². The molecule has 0 bridgehead atoms. The lowest BCUT2D eigenvalue weighted by Gasteiger charge is -2.11. The summed E-state index contributed by atoms with van der Waals surface area (Å²) in [7, 11) is 0. The molecule has 3 nitrogen and oxygen atoms in total. The summed E-state index contributed by atoms with van der Waals surface area (Å²) < 4.78 is 5.35. The largest absolute Gasteiger partial charge is 0.494 e. The summed E-state index contributed by atoms with van der Waals surface area (Å²) >= 11 is 5.76. The lowest BCUT2D eigenvalue weighted by Crippen LogP contribution is -2.02. The lowest BCUT2D eigenvalue weighted by atomic mass is 10.1. The van der Waals surface area contributed by atoms with E-state index in [9.17, 15) is 5.11 Å². The quantitative estimate of drug-likeness (QED) is 0.921. The van der Waals surface area contributed by atoms with E-state index in [-0.39, 0.29) is 0 Å². The predicted octanol–water partition coefficient (Wildman–Crippen LogP) is 3.22. The SMILES string of the molecule is CCOc1ccc(C(O)c2ccc(Cl)cn2)cc1. The van der Waals surface area contributed by atoms with Gasteiger partial charge >= 0.3 is 0 Å². The zero-order valence-electron chi connectivity index (χ0n) is 10.0. The van der Waals surface area contributed by atoms with E-state index in [4.69, 9.17) is 16.3 Å². The fourth-order valence-electron chi connectivity index (χ4n) is 1.63. The molecule has 18 heavy (non-hydrogen) atoms. The molecule has 0 fully saturated rings. The molecule has 1 N–H and O–H groups in total. The Morgan fingerprint density at radius 1 is 1.22 bits per heavy atom. The van der Waals surface area contributed by atoms with Crippen molar-refractivity contribution in [1.82, 2.24) is 4.98 Å². The number of hydrogen-bond acceptors (Lipinski definition) is 3. The van der Waals surface area contributed by atoms with Crippen LogP contribution in [0.15, 0.2) is 42.6 Å². The Hall–Kier alpha value is -1.58. The van der Waals surface area contributed by atoms with Gasteiger partial charge in [0, 0.05) is 6.20 Å². The van der Waals surface area contributed by atoms with Gasteiger partial charge in [0.05, 0.1) is 17.3 Å². The van der Waals surface area contributed by atoms with Gasteiger partial charge in [-0.25, -0.2) is 0 Å². The Kier molecular flexibility index (Phi) is 4.18. The van der Waals surface area contributed by atoms with E-state index in [1.54, 1.807) is 12.1 Å². The normalized spacial score (nSPS) is 12.2. The number of pyridine rings is 1. The average molecular weight is 264 g/mol. The van der Waals surface area contributed by atoms with Crippen LogP contribution in [0.3, 0.4) is 0 Å². The Bertz CT molecular complexity index is 496. The van der Waals surface area contributed by atoms with Crippen LogP contribution in [0, 0.1) is 0 Å². The van der Waals surface area contributed by atoms with Crippen LogP contribution in [0.2, 0.25) is 5.02 Å². The van der Waals surface area contributed by atoms with E-state index in [2.05, 4.69) is 4.98 Å². The van der Waals surface area contributed by atoms with E-state index in [0.29, 0.717) is 17.3 Å². The molecule has 0 aliphatic heterocycles. The summed E-state index contributed by atoms with van der Waals surface area (Å²) in [5.74, 6) is 0.789. The smallest absolute Gasteiger partial charge is 0.121 e. The molecule has 0 saturated carbocycles. The number of rotatable bonds is 4. The Balaban J connectivity index is 2.17. The van der Waals surface area contributed by atoms with Crippen molar-refractivity contribution in [3.05, 3.63) is 58.9 Å². The van der Waals surface area contributed by atoms with Crippen molar-refractivity contribution >= 4 is 11.6 Å². The van der Waals surface area contributed by atoms with Crippen molar-refractivity contribution in [2.24, 2.45) is 0 Å². The minimum Gasteiger partial charge on any atom is -0.494 e. The highest BCUT2D eigenvalue weighted by molar-refractivity contribution is 6.30. The third kappa shape index (κ3) is 3.00. The maximum absolute atomic E-state index is 10.2. The minimum atomic E-state index is -0.752. The molecule has 1 atom stereocenters. The maximum atomic E-state index is 10.2. The number of benzene rings is 1. The maximum Gasteiger partial charge on any atom is 0.121 e. The molecule has 1 aromatic carbocycles. The van der Waals surface area contributed by atoms with Crippen LogP contribution in [-0.2, 0) is 0 Å². The second kappa shape index (κ2) is 5.85. The average Bonchev–Trinajstić information content (AvgIpc) is 2.40. The standard InChI is InChI=1S/C14H14ClNO2/c1-2-18-12-6-3-10(4-7-12)14(17)13-8-5-11(15)9-16-13/h3-9,14,17H,2H2,1H3. The Morgan fingerprint density at radius 3 is 2.50 bits per heavy atom. The number of nitrogens with zero attached hydrogens (tertiary/aromatic N) is 1. The van der Waals surface area contributed by atoms with Gasteiger partial charge < -0.3 is 9.84 Å². The van der Waals surface area contributed by atoms with Gasteiger partial charge in [0.15, 0.2) is 0 Å². The highest BCUT2D eigenvalue weighted by Crippen LogP contribution is 2.23. The minimum absolute atomic E-state index is 0.553. The van der Waals surface area contributed by atoms with Crippen molar-refractivity contribution in [3.8, 4) is 5.75 Å². The molecule has 4 heteroatoms. The highest BCUT2D eigenvalue weighted by atomic mass is 35.5. The molecule has 0 aliphatic carbocycles. The van der Waals surface area contributed by atoms with Crippen molar-refractivity contribution in [1.29, 1.82) is 0 Å². The molecule has 1 aromatic heterocycles. The van der Waals surface area contributed by atoms with Crippen LogP contribution < -0.4 is 4.74 Å². The van der Waals surface area contributed by atoms with E-state index < -0.39 is 6.10 Å². The monoisotopic (exact) mass is 263 g/mol. The van der Waals surface area contributed by atoms with Crippen LogP contribution in [0.5, 0.6) is 5.75 Å². The van der Waals surface area contributed by atoms with Gasteiger partial charge in [-0.2, -0.15) is 0 Å². The van der Waals surface area contributed by atoms with Crippen molar-refractivity contribution < 1.29 is 9.84 Å². The van der Waals surface area contributed by atoms with Crippen LogP contribution in [0.4, 0.5) is 0 Å². The first kappa shape index (κ1) is 12.9. The Morgan fingerprint density at radius 2 is 1.94 bits per heavy atom. The third-order valence-electron chi connectivity index (χ3n) is 2.54. The molecule has 0 saturated heterocycles. The third-order valence-corrected chi connectivity index (χ3v) is 2.76. The summed E-state index contributed by atoms with van der Waals surface area (Å²) in [4.78, 5) is 4.10. The number of hydrogen-bond donors (Lipinski definition) is 1. The summed E-state index contributed by atoms with van der Waals surface area (Å²) in [5.41, 5.74) is 1.34. The molecule has 1 unspecified atom stereocenters. The molecule has 0 radical (unpaired) electrons. The second-order valence-electron chi connectivity index (χ2n) is 3.81. The van der Waals surface area contributed by atoms with Gasteiger partial charge in [-0.3, -0.25) is 4.98 Å². The fraction of sp³-hybridized carbons (Fsp3) is 0.214. The van der Waals surface area contributed by atoms with Crippen molar-refractivity contribution in [2.45, 2.75) is 13.0 Å². The first-order valence-corrected chi connectivity index (χ1v) is 6.10. The summed E-state index contributed by atoms with van der Waals surface area (Å²) in [6.07, 6.45) is 0.771. The first-order valence-electron chi connectivity index (χ1n) is 5.73. The summed E-state index contributed by atoms with van der Waals surface area (Å²) in [6, 6.07) is 10.7. The van der Waals surface area contributed by atoms with Gasteiger partial charge in [-0.15, -0.1) is 0 Å². The Labute approximate surface area is 111 Å². The van der Waals surface area contributed by atoms with Crippen LogP contribution in [0.1, 0.15) is 24.3 Å². The van der Waals surface area contributed by atoms with Gasteiger partial charge in [0.25, 0.3) is 0 Å². The molecule has 2 aromatic rings. The first-order chi connectivity index (χ1) is 8.70. The van der Waals surface area contributed by atoms with Crippen molar-refractivity contribution in [3.63, 3.8) is 0 Å². The topological polar surface area (TPSA) is 42.4 Å². The number of halogens is 1. The zero-order chi connectivity index (χ0) is 13.0. The molecule has 0 amide bonds. The molecule has 94 valence electrons. The number of aromatic nitrogens is 1. The van der Waals surface area contributed by atoms with Crippen LogP contribution in [-0.4, -0.2) is 16.7 Å². The highest BCUT2D eigenvalue weighted by Gasteiger charge is 2.11. The predicted molar refractivity (Wildman–Crippen MR) is 70.9 cm³/mol. The molecular weight excluding hydrogens is 250 g/mol. The second-order valence-corrected chi connectivity index (χ2v) is 4.24. The van der Waals surface area contributed by atoms with Crippen LogP contribution in [0.25, 0.3) is 0 Å². The summed E-state index contributed by atoms with van der Waals surface area (Å²) in [5, 5.41) is 10.7.